The van der Waals surface area contributed by atoms with Gasteiger partial charge in [0.05, 0.1) is 12.7 Å². The van der Waals surface area contributed by atoms with Crippen molar-refractivity contribution in [2.45, 2.75) is 13.8 Å². The second kappa shape index (κ2) is 7.87. The Hall–Kier alpha value is -3.40. The molecule has 0 fully saturated rings. The number of carbonyl (C=O) groups excluding carboxylic acids is 1. The molecule has 27 heavy (non-hydrogen) atoms. The molecule has 4 nitrogen and oxygen atoms in total. The van der Waals surface area contributed by atoms with E-state index in [0.717, 1.165) is 16.8 Å². The molecule has 0 aliphatic heterocycles. The van der Waals surface area contributed by atoms with Crippen LogP contribution in [0.3, 0.4) is 0 Å². The number of benzene rings is 2. The number of hydrogen-bond acceptors (Lipinski definition) is 4. The maximum absolute atomic E-state index is 12.8. The van der Waals surface area contributed by atoms with Crippen LogP contribution in [0.1, 0.15) is 38.3 Å². The number of aromatic hydroxyl groups is 1. The van der Waals surface area contributed by atoms with E-state index < -0.39 is 0 Å². The number of phenols is 1. The lowest BCUT2D eigenvalue weighted by Crippen LogP contribution is -2.04. The lowest BCUT2D eigenvalue weighted by Gasteiger charge is -2.10. The first-order valence-corrected chi connectivity index (χ1v) is 8.61. The van der Waals surface area contributed by atoms with Gasteiger partial charge in [-0.25, -0.2) is 0 Å². The summed E-state index contributed by atoms with van der Waals surface area (Å²) >= 11 is 0. The van der Waals surface area contributed by atoms with E-state index in [1.54, 1.807) is 24.3 Å². The molecule has 0 radical (unpaired) electrons. The minimum absolute atomic E-state index is 0.171. The number of hydrogen-bond donors (Lipinski definition) is 1. The molecule has 1 heterocycles. The fourth-order valence-electron chi connectivity index (χ4n) is 2.68. The summed E-state index contributed by atoms with van der Waals surface area (Å²) in [6.45, 7) is 3.89. The number of phenolic OH excluding ortho intramolecular Hbond substituents is 1. The fraction of sp³-hybridized carbons (Fsp3) is 0.130. The van der Waals surface area contributed by atoms with Gasteiger partial charge in [-0.15, -0.1) is 0 Å². The van der Waals surface area contributed by atoms with E-state index in [0.29, 0.717) is 5.56 Å². The van der Waals surface area contributed by atoms with Crippen LogP contribution in [0, 0.1) is 13.8 Å². The average molecular weight is 359 g/mol. The maximum Gasteiger partial charge on any atom is 0.198 e. The van der Waals surface area contributed by atoms with E-state index in [4.69, 9.17) is 4.74 Å². The lowest BCUT2D eigenvalue weighted by molar-refractivity contribution is 0.103. The van der Waals surface area contributed by atoms with E-state index in [9.17, 15) is 9.90 Å². The standard InChI is InChI=1S/C23H21NO3/c1-15-4-7-17(8-5-15)9-10-18-12-20(23(26)21(13-18)27-3)22(25)19-11-6-16(2)24-14-19/h4-14,26H,1-3H3/b10-9+. The highest BCUT2D eigenvalue weighted by atomic mass is 16.5. The van der Waals surface area contributed by atoms with E-state index in [1.165, 1.54) is 18.9 Å². The molecule has 0 spiro atoms. The number of methoxy groups -OCH3 is 1. The summed E-state index contributed by atoms with van der Waals surface area (Å²) in [5, 5.41) is 10.4. The minimum Gasteiger partial charge on any atom is -0.504 e. The first kappa shape index (κ1) is 18.4. The van der Waals surface area contributed by atoms with Crippen molar-refractivity contribution in [3.05, 3.63) is 88.2 Å². The summed E-state index contributed by atoms with van der Waals surface area (Å²) in [4.78, 5) is 17.0. The number of carbonyl (C=O) groups is 1. The van der Waals surface area contributed by atoms with E-state index in [2.05, 4.69) is 4.98 Å². The van der Waals surface area contributed by atoms with Crippen molar-refractivity contribution in [2.24, 2.45) is 0 Å². The van der Waals surface area contributed by atoms with Crippen molar-refractivity contribution < 1.29 is 14.6 Å². The smallest absolute Gasteiger partial charge is 0.198 e. The molecule has 0 unspecified atom stereocenters. The van der Waals surface area contributed by atoms with Crippen LogP contribution >= 0.6 is 0 Å². The Morgan fingerprint density at radius 3 is 2.33 bits per heavy atom. The highest BCUT2D eigenvalue weighted by Gasteiger charge is 2.18. The second-order valence-electron chi connectivity index (χ2n) is 6.38. The summed E-state index contributed by atoms with van der Waals surface area (Å²) in [6.07, 6.45) is 5.35. The van der Waals surface area contributed by atoms with Crippen LogP contribution < -0.4 is 4.74 Å². The molecular formula is C23H21NO3. The zero-order chi connectivity index (χ0) is 19.4. The molecule has 0 atom stereocenters. The summed E-state index contributed by atoms with van der Waals surface area (Å²) in [7, 11) is 1.46. The van der Waals surface area contributed by atoms with Crippen molar-refractivity contribution in [2.75, 3.05) is 7.11 Å². The maximum atomic E-state index is 12.8. The van der Waals surface area contributed by atoms with Gasteiger partial charge in [0.1, 0.15) is 0 Å². The highest BCUT2D eigenvalue weighted by molar-refractivity contribution is 6.11. The largest absolute Gasteiger partial charge is 0.504 e. The van der Waals surface area contributed by atoms with Gasteiger partial charge >= 0.3 is 0 Å². The number of ketones is 1. The Balaban J connectivity index is 1.98. The second-order valence-corrected chi connectivity index (χ2v) is 6.38. The SMILES string of the molecule is COc1cc(/C=C/c2ccc(C)cc2)cc(C(=O)c2ccc(C)nc2)c1O. The molecule has 136 valence electrons. The number of pyridine rings is 1. The molecular weight excluding hydrogens is 338 g/mol. The van der Waals surface area contributed by atoms with Crippen LogP contribution in [-0.4, -0.2) is 23.0 Å². The van der Waals surface area contributed by atoms with Crippen LogP contribution in [0.15, 0.2) is 54.7 Å². The minimum atomic E-state index is -0.302. The molecule has 4 heteroatoms. The average Bonchev–Trinajstić information content (AvgIpc) is 2.68. The van der Waals surface area contributed by atoms with Gasteiger partial charge in [0.2, 0.25) is 0 Å². The van der Waals surface area contributed by atoms with Crippen LogP contribution in [0.2, 0.25) is 0 Å². The van der Waals surface area contributed by atoms with Crippen molar-refractivity contribution in [1.29, 1.82) is 0 Å². The Kier molecular flexibility index (Phi) is 5.36. The predicted octanol–water partition coefficient (Wildman–Crippen LogP) is 4.81. The van der Waals surface area contributed by atoms with Gasteiger partial charge in [-0.05, 0) is 49.2 Å². The zero-order valence-corrected chi connectivity index (χ0v) is 15.6. The zero-order valence-electron chi connectivity index (χ0n) is 15.6. The van der Waals surface area contributed by atoms with Gasteiger partial charge in [-0.1, -0.05) is 42.0 Å². The molecule has 0 bridgehead atoms. The Morgan fingerprint density at radius 2 is 1.70 bits per heavy atom. The van der Waals surface area contributed by atoms with Crippen molar-refractivity contribution in [3.63, 3.8) is 0 Å². The first-order chi connectivity index (χ1) is 13.0. The molecule has 3 rings (SSSR count). The molecule has 0 aliphatic rings. The van der Waals surface area contributed by atoms with Crippen molar-refractivity contribution in [1.82, 2.24) is 4.98 Å². The predicted molar refractivity (Wildman–Crippen MR) is 107 cm³/mol. The van der Waals surface area contributed by atoms with Crippen LogP contribution in [0.5, 0.6) is 11.5 Å². The monoisotopic (exact) mass is 359 g/mol. The molecule has 0 saturated heterocycles. The first-order valence-electron chi connectivity index (χ1n) is 8.61. The van der Waals surface area contributed by atoms with Gasteiger partial charge < -0.3 is 9.84 Å². The third kappa shape index (κ3) is 4.23. The third-order valence-corrected chi connectivity index (χ3v) is 4.28. The van der Waals surface area contributed by atoms with Crippen LogP contribution in [-0.2, 0) is 0 Å². The summed E-state index contributed by atoms with van der Waals surface area (Å²) in [6, 6.07) is 14.9. The number of aromatic nitrogens is 1. The molecule has 1 N–H and O–H groups in total. The van der Waals surface area contributed by atoms with E-state index in [1.807, 2.05) is 50.3 Å². The van der Waals surface area contributed by atoms with Crippen molar-refractivity contribution in [3.8, 4) is 11.5 Å². The van der Waals surface area contributed by atoms with Crippen molar-refractivity contribution >= 4 is 17.9 Å². The number of aryl methyl sites for hydroxylation is 2. The Labute approximate surface area is 158 Å². The van der Waals surface area contributed by atoms with Gasteiger partial charge in [0.25, 0.3) is 0 Å². The van der Waals surface area contributed by atoms with Crippen LogP contribution in [0.4, 0.5) is 0 Å². The third-order valence-electron chi connectivity index (χ3n) is 4.28. The number of rotatable bonds is 5. The van der Waals surface area contributed by atoms with Gasteiger partial charge in [0, 0.05) is 17.5 Å². The highest BCUT2D eigenvalue weighted by Crippen LogP contribution is 2.33. The Bertz CT molecular complexity index is 987. The lowest BCUT2D eigenvalue weighted by atomic mass is 10.00. The summed E-state index contributed by atoms with van der Waals surface area (Å²) in [5.74, 6) is -0.219. The van der Waals surface area contributed by atoms with E-state index in [-0.39, 0.29) is 22.8 Å². The fourth-order valence-corrected chi connectivity index (χ4v) is 2.68. The normalized spacial score (nSPS) is 10.9. The van der Waals surface area contributed by atoms with Gasteiger partial charge in [-0.3, -0.25) is 9.78 Å². The van der Waals surface area contributed by atoms with Gasteiger partial charge in [-0.2, -0.15) is 0 Å². The van der Waals surface area contributed by atoms with Crippen LogP contribution in [0.25, 0.3) is 12.2 Å². The van der Waals surface area contributed by atoms with E-state index >= 15 is 0 Å². The molecule has 0 aliphatic carbocycles. The van der Waals surface area contributed by atoms with Gasteiger partial charge in [0.15, 0.2) is 17.3 Å². The number of ether oxygens (including phenoxy) is 1. The molecule has 2 aromatic carbocycles. The molecule has 1 aromatic heterocycles. The number of nitrogens with zero attached hydrogens (tertiary/aromatic N) is 1. The summed E-state index contributed by atoms with van der Waals surface area (Å²) in [5.41, 5.74) is 4.42. The molecule has 3 aromatic rings. The molecule has 0 saturated carbocycles. The Morgan fingerprint density at radius 1 is 1.00 bits per heavy atom. The quantitative estimate of drug-likeness (QED) is 0.524. The molecule has 0 amide bonds. The summed E-state index contributed by atoms with van der Waals surface area (Å²) < 4.78 is 5.25. The topological polar surface area (TPSA) is 59.4 Å².